The third-order valence-electron chi connectivity index (χ3n) is 3.53. The fourth-order valence-corrected chi connectivity index (χ4v) is 4.00. The lowest BCUT2D eigenvalue weighted by Crippen LogP contribution is -2.31. The maximum atomic E-state index is 12.6. The van der Waals surface area contributed by atoms with Crippen LogP contribution in [0.2, 0.25) is 0 Å². The van der Waals surface area contributed by atoms with Crippen LogP contribution in [-0.4, -0.2) is 33.8 Å². The van der Waals surface area contributed by atoms with E-state index >= 15 is 0 Å². The maximum Gasteiger partial charge on any atom is 0.258 e. The van der Waals surface area contributed by atoms with Crippen LogP contribution in [0.15, 0.2) is 29.2 Å². The van der Waals surface area contributed by atoms with Crippen molar-refractivity contribution < 1.29 is 9.59 Å². The second-order valence-corrected chi connectivity index (χ2v) is 8.21. The van der Waals surface area contributed by atoms with Crippen LogP contribution in [-0.2, 0) is 4.79 Å². The van der Waals surface area contributed by atoms with Crippen molar-refractivity contribution in [1.82, 2.24) is 15.5 Å². The third kappa shape index (κ3) is 5.02. The van der Waals surface area contributed by atoms with Gasteiger partial charge in [0.05, 0.1) is 11.3 Å². The van der Waals surface area contributed by atoms with Gasteiger partial charge < -0.3 is 5.32 Å². The van der Waals surface area contributed by atoms with Gasteiger partial charge in [0.1, 0.15) is 5.01 Å². The molecule has 1 aliphatic rings. The van der Waals surface area contributed by atoms with Gasteiger partial charge in [-0.2, -0.15) is 0 Å². The Morgan fingerprint density at radius 1 is 1.28 bits per heavy atom. The molecule has 0 bridgehead atoms. The number of hydrogen-bond donors (Lipinski definition) is 2. The van der Waals surface area contributed by atoms with Crippen LogP contribution < -0.4 is 10.6 Å². The molecule has 0 radical (unpaired) electrons. The van der Waals surface area contributed by atoms with E-state index < -0.39 is 0 Å². The molecule has 2 N–H and O–H groups in total. The number of carbonyl (C=O) groups excluding carboxylic acids is 2. The van der Waals surface area contributed by atoms with E-state index in [1.54, 1.807) is 6.07 Å². The normalized spacial score (nSPS) is 13.7. The van der Waals surface area contributed by atoms with Crippen molar-refractivity contribution in [2.45, 2.75) is 43.5 Å². The highest BCUT2D eigenvalue weighted by Gasteiger charge is 2.28. The molecular formula is C17H20N4O2S2. The first-order valence-electron chi connectivity index (χ1n) is 8.19. The Morgan fingerprint density at radius 2 is 2.04 bits per heavy atom. The van der Waals surface area contributed by atoms with Crippen molar-refractivity contribution in [3.63, 3.8) is 0 Å². The minimum atomic E-state index is -0.231. The Balaban J connectivity index is 1.64. The molecule has 1 aromatic carbocycles. The van der Waals surface area contributed by atoms with Gasteiger partial charge in [-0.15, -0.1) is 22.0 Å². The molecule has 2 aromatic rings. The lowest BCUT2D eigenvalue weighted by atomic mass is 10.2. The number of carbonyl (C=O) groups is 2. The van der Waals surface area contributed by atoms with Crippen molar-refractivity contribution in [2.75, 3.05) is 11.1 Å². The summed E-state index contributed by atoms with van der Waals surface area (Å²) in [5.74, 6) is 0.511. The lowest BCUT2D eigenvalue weighted by Gasteiger charge is -2.10. The van der Waals surface area contributed by atoms with E-state index in [4.69, 9.17) is 0 Å². The van der Waals surface area contributed by atoms with Gasteiger partial charge in [-0.25, -0.2) is 0 Å². The fourth-order valence-electron chi connectivity index (χ4n) is 2.23. The largest absolute Gasteiger partial charge is 0.353 e. The van der Waals surface area contributed by atoms with E-state index in [-0.39, 0.29) is 23.6 Å². The van der Waals surface area contributed by atoms with Crippen LogP contribution >= 0.6 is 23.1 Å². The highest BCUT2D eigenvalue weighted by molar-refractivity contribution is 8.00. The Hall–Kier alpha value is -1.93. The topological polar surface area (TPSA) is 84.0 Å². The van der Waals surface area contributed by atoms with E-state index in [0.29, 0.717) is 16.6 Å². The van der Waals surface area contributed by atoms with Gasteiger partial charge in [0, 0.05) is 16.9 Å². The predicted octanol–water partition coefficient (Wildman–Crippen LogP) is 3.28. The summed E-state index contributed by atoms with van der Waals surface area (Å²) in [4.78, 5) is 25.2. The van der Waals surface area contributed by atoms with E-state index in [1.165, 1.54) is 23.1 Å². The molecule has 3 rings (SSSR count). The first-order chi connectivity index (χ1) is 12.0. The van der Waals surface area contributed by atoms with Gasteiger partial charge in [-0.1, -0.05) is 23.5 Å². The molecule has 0 atom stereocenters. The van der Waals surface area contributed by atoms with Crippen molar-refractivity contribution >= 4 is 40.0 Å². The zero-order chi connectivity index (χ0) is 17.8. The summed E-state index contributed by atoms with van der Waals surface area (Å²) in [6.07, 6.45) is 2.31. The van der Waals surface area contributed by atoms with Crippen LogP contribution in [0.3, 0.4) is 0 Å². The molecule has 25 heavy (non-hydrogen) atoms. The average Bonchev–Trinajstić information content (AvgIpc) is 3.32. The standard InChI is InChI=1S/C17H20N4O2S2/c1-10(2)18-14(22)9-24-13-6-4-3-5-12(13)15(23)19-17-21-20-16(25-17)11-7-8-11/h3-6,10-11H,7-9H2,1-2H3,(H,18,22)(H,19,21,23). The Labute approximate surface area is 154 Å². The van der Waals surface area contributed by atoms with E-state index in [9.17, 15) is 9.59 Å². The van der Waals surface area contributed by atoms with Gasteiger partial charge in [0.2, 0.25) is 11.0 Å². The minimum absolute atomic E-state index is 0.0478. The molecule has 2 amide bonds. The van der Waals surface area contributed by atoms with Crippen molar-refractivity contribution in [2.24, 2.45) is 0 Å². The number of nitrogens with one attached hydrogen (secondary N) is 2. The molecule has 1 saturated carbocycles. The van der Waals surface area contributed by atoms with E-state index in [0.717, 1.165) is 22.7 Å². The molecule has 8 heteroatoms. The SMILES string of the molecule is CC(C)NC(=O)CSc1ccccc1C(=O)Nc1nnc(C2CC2)s1. The summed E-state index contributed by atoms with van der Waals surface area (Å²) in [5, 5.41) is 15.3. The van der Waals surface area contributed by atoms with Crippen LogP contribution in [0.5, 0.6) is 0 Å². The number of aromatic nitrogens is 2. The fraction of sp³-hybridized carbons (Fsp3) is 0.412. The van der Waals surface area contributed by atoms with Crippen molar-refractivity contribution in [3.8, 4) is 0 Å². The molecule has 1 fully saturated rings. The molecule has 0 spiro atoms. The zero-order valence-electron chi connectivity index (χ0n) is 14.1. The monoisotopic (exact) mass is 376 g/mol. The van der Waals surface area contributed by atoms with Gasteiger partial charge >= 0.3 is 0 Å². The molecule has 0 saturated heterocycles. The predicted molar refractivity (Wildman–Crippen MR) is 100 cm³/mol. The lowest BCUT2D eigenvalue weighted by molar-refractivity contribution is -0.119. The molecule has 0 unspecified atom stereocenters. The van der Waals surface area contributed by atoms with Crippen LogP contribution in [0.25, 0.3) is 0 Å². The number of rotatable bonds is 7. The van der Waals surface area contributed by atoms with Gasteiger partial charge in [0.25, 0.3) is 5.91 Å². The van der Waals surface area contributed by atoms with Crippen LogP contribution in [0, 0.1) is 0 Å². The summed E-state index contributed by atoms with van der Waals surface area (Å²) < 4.78 is 0. The Bertz CT molecular complexity index is 772. The second kappa shape index (κ2) is 7.97. The molecule has 1 aromatic heterocycles. The number of hydrogen-bond acceptors (Lipinski definition) is 6. The number of benzene rings is 1. The second-order valence-electron chi connectivity index (χ2n) is 6.18. The van der Waals surface area contributed by atoms with Gasteiger partial charge in [-0.05, 0) is 38.8 Å². The Morgan fingerprint density at radius 3 is 2.76 bits per heavy atom. The number of nitrogens with zero attached hydrogens (tertiary/aromatic N) is 2. The first kappa shape index (κ1) is 17.9. The summed E-state index contributed by atoms with van der Waals surface area (Å²) in [6, 6.07) is 7.36. The highest BCUT2D eigenvalue weighted by Crippen LogP contribution is 2.42. The molecular weight excluding hydrogens is 356 g/mol. The number of amides is 2. The molecule has 0 aliphatic heterocycles. The highest BCUT2D eigenvalue weighted by atomic mass is 32.2. The average molecular weight is 377 g/mol. The van der Waals surface area contributed by atoms with Gasteiger partial charge in [0.15, 0.2) is 0 Å². The van der Waals surface area contributed by atoms with Crippen molar-refractivity contribution in [1.29, 1.82) is 0 Å². The maximum absolute atomic E-state index is 12.6. The van der Waals surface area contributed by atoms with Crippen molar-refractivity contribution in [3.05, 3.63) is 34.8 Å². The molecule has 1 aliphatic carbocycles. The molecule has 6 nitrogen and oxygen atoms in total. The first-order valence-corrected chi connectivity index (χ1v) is 9.99. The smallest absolute Gasteiger partial charge is 0.258 e. The van der Waals surface area contributed by atoms with Crippen LogP contribution in [0.4, 0.5) is 5.13 Å². The van der Waals surface area contributed by atoms with E-state index in [2.05, 4.69) is 20.8 Å². The summed E-state index contributed by atoms with van der Waals surface area (Å²) in [5.41, 5.74) is 0.535. The quantitative estimate of drug-likeness (QED) is 0.725. The molecule has 1 heterocycles. The minimum Gasteiger partial charge on any atom is -0.353 e. The van der Waals surface area contributed by atoms with Crippen LogP contribution in [0.1, 0.15) is 48.0 Å². The Kier molecular flexibility index (Phi) is 5.70. The summed E-state index contributed by atoms with van der Waals surface area (Å²) in [6.45, 7) is 3.84. The zero-order valence-corrected chi connectivity index (χ0v) is 15.7. The summed E-state index contributed by atoms with van der Waals surface area (Å²) in [7, 11) is 0. The summed E-state index contributed by atoms with van der Waals surface area (Å²) >= 11 is 2.78. The molecule has 132 valence electrons. The third-order valence-corrected chi connectivity index (χ3v) is 5.60. The number of thioether (sulfide) groups is 1. The van der Waals surface area contributed by atoms with Gasteiger partial charge in [-0.3, -0.25) is 14.9 Å². The van der Waals surface area contributed by atoms with E-state index in [1.807, 2.05) is 32.0 Å². The number of anilines is 1.